The molecule has 0 unspecified atom stereocenters. The fourth-order valence-corrected chi connectivity index (χ4v) is 5.99. The molecule has 32 heavy (non-hydrogen) atoms. The number of nitrogens with one attached hydrogen (secondary N) is 1. The van der Waals surface area contributed by atoms with Crippen LogP contribution in [0.25, 0.3) is 0 Å². The van der Waals surface area contributed by atoms with E-state index in [1.807, 2.05) is 9.80 Å². The number of amides is 3. The highest BCUT2D eigenvalue weighted by Crippen LogP contribution is 2.50. The Hall–Kier alpha value is -2.12. The first-order valence-electron chi connectivity index (χ1n) is 12.0. The second kappa shape index (κ2) is 8.67. The predicted molar refractivity (Wildman–Crippen MR) is 124 cm³/mol. The molecule has 176 valence electrons. The van der Waals surface area contributed by atoms with E-state index in [4.69, 9.17) is 0 Å². The molecular formula is C25H38N4O3. The van der Waals surface area contributed by atoms with E-state index < -0.39 is 5.60 Å². The Morgan fingerprint density at radius 2 is 1.75 bits per heavy atom. The lowest BCUT2D eigenvalue weighted by Crippen LogP contribution is -2.59. The van der Waals surface area contributed by atoms with Gasteiger partial charge in [-0.25, -0.2) is 4.79 Å². The van der Waals surface area contributed by atoms with Crippen molar-refractivity contribution >= 4 is 11.9 Å². The van der Waals surface area contributed by atoms with Crippen LogP contribution < -0.4 is 5.32 Å². The SMILES string of the molecule is CNC(=O)CCN1C[C@]2(CC[C@](c3ccccc3)(N(C)C)CC2)N(CC2(O)CCC2)C1=O. The van der Waals surface area contributed by atoms with Crippen LogP contribution in [0.4, 0.5) is 4.79 Å². The van der Waals surface area contributed by atoms with Crippen LogP contribution in [-0.4, -0.2) is 83.7 Å². The van der Waals surface area contributed by atoms with E-state index >= 15 is 0 Å². The summed E-state index contributed by atoms with van der Waals surface area (Å²) in [5.74, 6) is -0.0535. The summed E-state index contributed by atoms with van der Waals surface area (Å²) in [6, 6.07) is 10.7. The van der Waals surface area contributed by atoms with E-state index in [-0.39, 0.29) is 23.0 Å². The van der Waals surface area contributed by atoms with Crippen molar-refractivity contribution in [3.63, 3.8) is 0 Å². The molecule has 3 amide bonds. The molecule has 0 atom stereocenters. The first-order chi connectivity index (χ1) is 15.2. The molecule has 0 aromatic heterocycles. The van der Waals surface area contributed by atoms with Gasteiger partial charge in [-0.15, -0.1) is 0 Å². The smallest absolute Gasteiger partial charge is 0.320 e. The van der Waals surface area contributed by atoms with Gasteiger partial charge < -0.3 is 20.2 Å². The van der Waals surface area contributed by atoms with Crippen molar-refractivity contribution in [1.82, 2.24) is 20.0 Å². The normalized spacial score (nSPS) is 29.5. The van der Waals surface area contributed by atoms with Crippen LogP contribution in [0.15, 0.2) is 30.3 Å². The average Bonchev–Trinajstić information content (AvgIpc) is 3.03. The quantitative estimate of drug-likeness (QED) is 0.681. The van der Waals surface area contributed by atoms with Gasteiger partial charge in [-0.3, -0.25) is 9.69 Å². The number of aliphatic hydroxyl groups is 1. The Labute approximate surface area is 191 Å². The van der Waals surface area contributed by atoms with Gasteiger partial charge in [0.1, 0.15) is 0 Å². The molecule has 1 spiro atoms. The van der Waals surface area contributed by atoms with Gasteiger partial charge in [0, 0.05) is 32.1 Å². The minimum absolute atomic E-state index is 0.0220. The molecule has 0 radical (unpaired) electrons. The maximum atomic E-state index is 13.5. The van der Waals surface area contributed by atoms with Crippen LogP contribution >= 0.6 is 0 Å². The molecule has 7 nitrogen and oxygen atoms in total. The molecule has 1 heterocycles. The van der Waals surface area contributed by atoms with Gasteiger partial charge in [-0.05, 0) is 64.6 Å². The number of carbonyl (C=O) groups excluding carboxylic acids is 2. The van der Waals surface area contributed by atoms with Crippen molar-refractivity contribution < 1.29 is 14.7 Å². The van der Waals surface area contributed by atoms with E-state index in [9.17, 15) is 14.7 Å². The fraction of sp³-hybridized carbons (Fsp3) is 0.680. The van der Waals surface area contributed by atoms with Crippen LogP contribution in [0.1, 0.15) is 56.9 Å². The number of carbonyl (C=O) groups is 2. The minimum atomic E-state index is -0.755. The van der Waals surface area contributed by atoms with Crippen molar-refractivity contribution in [2.45, 2.75) is 68.0 Å². The lowest BCUT2D eigenvalue weighted by Gasteiger charge is -2.52. The van der Waals surface area contributed by atoms with Crippen LogP contribution in [-0.2, 0) is 10.3 Å². The third-order valence-corrected chi connectivity index (χ3v) is 8.36. The molecule has 1 aliphatic heterocycles. The van der Waals surface area contributed by atoms with Crippen LogP contribution in [0.5, 0.6) is 0 Å². The Balaban J connectivity index is 1.57. The average molecular weight is 443 g/mol. The zero-order chi connectivity index (χ0) is 23.0. The van der Waals surface area contributed by atoms with Crippen LogP contribution in [0.3, 0.4) is 0 Å². The highest BCUT2D eigenvalue weighted by Gasteiger charge is 2.56. The van der Waals surface area contributed by atoms with Crippen molar-refractivity contribution in [2.24, 2.45) is 0 Å². The van der Waals surface area contributed by atoms with E-state index in [1.54, 1.807) is 7.05 Å². The molecule has 2 saturated carbocycles. The Bertz CT molecular complexity index is 829. The Morgan fingerprint density at radius 1 is 1.09 bits per heavy atom. The summed E-state index contributed by atoms with van der Waals surface area (Å²) in [7, 11) is 5.92. The largest absolute Gasteiger partial charge is 0.388 e. The van der Waals surface area contributed by atoms with Gasteiger partial charge in [-0.2, -0.15) is 0 Å². The van der Waals surface area contributed by atoms with Crippen LogP contribution in [0.2, 0.25) is 0 Å². The number of rotatable bonds is 7. The zero-order valence-electron chi connectivity index (χ0n) is 19.8. The molecule has 1 aromatic carbocycles. The lowest BCUT2D eigenvalue weighted by atomic mass is 9.67. The van der Waals surface area contributed by atoms with Crippen molar-refractivity contribution in [3.05, 3.63) is 35.9 Å². The molecule has 2 N–H and O–H groups in total. The molecule has 1 aromatic rings. The Kier molecular flexibility index (Phi) is 6.25. The van der Waals surface area contributed by atoms with Gasteiger partial charge >= 0.3 is 6.03 Å². The van der Waals surface area contributed by atoms with Crippen molar-refractivity contribution in [1.29, 1.82) is 0 Å². The molecule has 4 rings (SSSR count). The minimum Gasteiger partial charge on any atom is -0.388 e. The van der Waals surface area contributed by atoms with Crippen molar-refractivity contribution in [3.8, 4) is 0 Å². The van der Waals surface area contributed by atoms with E-state index in [1.165, 1.54) is 5.56 Å². The maximum absolute atomic E-state index is 13.5. The van der Waals surface area contributed by atoms with E-state index in [0.717, 1.165) is 44.9 Å². The van der Waals surface area contributed by atoms with Gasteiger partial charge in [0.2, 0.25) is 5.91 Å². The maximum Gasteiger partial charge on any atom is 0.320 e. The summed E-state index contributed by atoms with van der Waals surface area (Å²) in [6.45, 7) is 1.46. The standard InChI is InChI=1S/C25H38N4O3/c1-26-21(30)10-17-28-18-23(29(22(28)31)19-24(32)11-7-12-24)13-15-25(16-14-23,27(2)3)20-8-5-4-6-9-20/h4-6,8-9,32H,7,10-19H2,1-3H3,(H,26,30)/t23-,25+. The highest BCUT2D eigenvalue weighted by molar-refractivity contribution is 5.80. The number of urea groups is 1. The second-order valence-corrected chi connectivity index (χ2v) is 10.3. The first-order valence-corrected chi connectivity index (χ1v) is 12.0. The van der Waals surface area contributed by atoms with E-state index in [0.29, 0.717) is 26.1 Å². The zero-order valence-corrected chi connectivity index (χ0v) is 19.8. The number of nitrogens with zero attached hydrogens (tertiary/aromatic N) is 3. The Morgan fingerprint density at radius 3 is 2.28 bits per heavy atom. The summed E-state index contributed by atoms with van der Waals surface area (Å²) in [4.78, 5) is 31.4. The van der Waals surface area contributed by atoms with Crippen molar-refractivity contribution in [2.75, 3.05) is 40.8 Å². The van der Waals surface area contributed by atoms with Gasteiger partial charge in [-0.1, -0.05) is 30.3 Å². The topological polar surface area (TPSA) is 76.1 Å². The summed E-state index contributed by atoms with van der Waals surface area (Å²) < 4.78 is 0. The molecule has 0 bridgehead atoms. The lowest BCUT2D eigenvalue weighted by molar-refractivity contribution is -0.120. The summed E-state index contributed by atoms with van der Waals surface area (Å²) in [6.07, 6.45) is 6.53. The van der Waals surface area contributed by atoms with Gasteiger partial charge in [0.25, 0.3) is 0 Å². The molecule has 2 aliphatic carbocycles. The molecule has 3 aliphatic rings. The summed E-state index contributed by atoms with van der Waals surface area (Å²) in [5.41, 5.74) is 0.239. The third kappa shape index (κ3) is 4.01. The fourth-order valence-electron chi connectivity index (χ4n) is 5.99. The second-order valence-electron chi connectivity index (χ2n) is 10.3. The number of β-amino-alcohol motifs (C(OH)–C–C–N with tert-alkyl or cyclic N) is 1. The van der Waals surface area contributed by atoms with E-state index in [2.05, 4.69) is 54.6 Å². The van der Waals surface area contributed by atoms with Gasteiger partial charge in [0.05, 0.1) is 17.7 Å². The number of benzene rings is 1. The van der Waals surface area contributed by atoms with Crippen LogP contribution in [0, 0.1) is 0 Å². The third-order valence-electron chi connectivity index (χ3n) is 8.36. The highest BCUT2D eigenvalue weighted by atomic mass is 16.3. The number of hydrogen-bond donors (Lipinski definition) is 2. The molecule has 1 saturated heterocycles. The predicted octanol–water partition coefficient (Wildman–Crippen LogP) is 2.54. The summed E-state index contributed by atoms with van der Waals surface area (Å²) in [5, 5.41) is 13.6. The summed E-state index contributed by atoms with van der Waals surface area (Å²) >= 11 is 0. The first kappa shape index (κ1) is 23.1. The monoisotopic (exact) mass is 442 g/mol. The van der Waals surface area contributed by atoms with Gasteiger partial charge in [0.15, 0.2) is 0 Å². The molecule has 3 fully saturated rings. The molecule has 7 heteroatoms. The number of hydrogen-bond acceptors (Lipinski definition) is 4. The molecular weight excluding hydrogens is 404 g/mol.